The zero-order valence-corrected chi connectivity index (χ0v) is 7.74. The molecular formula is C9H5F4N3. The van der Waals surface area contributed by atoms with Gasteiger partial charge >= 0.3 is 6.18 Å². The minimum Gasteiger partial charge on any atom is -0.222 e. The third-order valence-corrected chi connectivity index (χ3v) is 1.85. The predicted molar refractivity (Wildman–Crippen MR) is 46.3 cm³/mol. The smallest absolute Gasteiger partial charge is 0.222 e. The van der Waals surface area contributed by atoms with Crippen molar-refractivity contribution < 1.29 is 17.6 Å². The number of aromatic nitrogens is 3. The van der Waals surface area contributed by atoms with Crippen LogP contribution in [-0.4, -0.2) is 14.8 Å². The van der Waals surface area contributed by atoms with Gasteiger partial charge in [0, 0.05) is 6.20 Å². The van der Waals surface area contributed by atoms with Crippen LogP contribution in [0.3, 0.4) is 0 Å². The van der Waals surface area contributed by atoms with E-state index in [0.717, 1.165) is 16.9 Å². The normalized spacial score (nSPS) is 11.8. The number of halogens is 4. The summed E-state index contributed by atoms with van der Waals surface area (Å²) in [6.45, 7) is 0. The largest absolute Gasteiger partial charge is 0.419 e. The average molecular weight is 231 g/mol. The molecule has 0 unspecified atom stereocenters. The molecule has 0 fully saturated rings. The summed E-state index contributed by atoms with van der Waals surface area (Å²) >= 11 is 0. The van der Waals surface area contributed by atoms with Crippen LogP contribution < -0.4 is 0 Å². The number of alkyl halides is 3. The lowest BCUT2D eigenvalue weighted by atomic mass is 10.3. The number of pyridine rings is 1. The lowest BCUT2D eigenvalue weighted by molar-refractivity contribution is -0.137. The van der Waals surface area contributed by atoms with Gasteiger partial charge in [-0.2, -0.15) is 22.7 Å². The van der Waals surface area contributed by atoms with Crippen LogP contribution in [0, 0.1) is 5.95 Å². The monoisotopic (exact) mass is 231 g/mol. The van der Waals surface area contributed by atoms with Gasteiger partial charge in [-0.15, -0.1) is 0 Å². The van der Waals surface area contributed by atoms with E-state index in [4.69, 9.17) is 0 Å². The molecule has 0 saturated carbocycles. The lowest BCUT2D eigenvalue weighted by Gasteiger charge is -2.01. The van der Waals surface area contributed by atoms with E-state index in [1.165, 1.54) is 12.1 Å². The molecule has 2 aromatic heterocycles. The Hall–Kier alpha value is -1.92. The third-order valence-electron chi connectivity index (χ3n) is 1.85. The molecule has 0 aliphatic carbocycles. The summed E-state index contributed by atoms with van der Waals surface area (Å²) in [5.41, 5.74) is -0.904. The van der Waals surface area contributed by atoms with E-state index < -0.39 is 17.7 Å². The average Bonchev–Trinajstić information content (AvgIpc) is 2.65. The fourth-order valence-electron chi connectivity index (χ4n) is 1.12. The highest BCUT2D eigenvalue weighted by atomic mass is 19.4. The van der Waals surface area contributed by atoms with Crippen LogP contribution in [-0.2, 0) is 6.18 Å². The first-order chi connectivity index (χ1) is 7.47. The maximum Gasteiger partial charge on any atom is 0.419 e. The van der Waals surface area contributed by atoms with Gasteiger partial charge in [-0.05, 0) is 12.1 Å². The van der Waals surface area contributed by atoms with E-state index in [1.54, 1.807) is 0 Å². The van der Waals surface area contributed by atoms with Gasteiger partial charge in [-0.25, -0.2) is 9.67 Å². The van der Waals surface area contributed by atoms with E-state index in [2.05, 4.69) is 10.1 Å². The fraction of sp³-hybridized carbons (Fsp3) is 0.111. The van der Waals surface area contributed by atoms with Crippen molar-refractivity contribution in [1.29, 1.82) is 0 Å². The van der Waals surface area contributed by atoms with Crippen LogP contribution in [0.1, 0.15) is 5.56 Å². The van der Waals surface area contributed by atoms with Gasteiger partial charge in [0.15, 0.2) is 5.82 Å². The van der Waals surface area contributed by atoms with E-state index in [-0.39, 0.29) is 5.82 Å². The summed E-state index contributed by atoms with van der Waals surface area (Å²) in [7, 11) is 0. The second-order valence-electron chi connectivity index (χ2n) is 2.99. The van der Waals surface area contributed by atoms with Gasteiger partial charge in [0.25, 0.3) is 0 Å². The first-order valence-electron chi connectivity index (χ1n) is 4.21. The number of nitrogens with zero attached hydrogens (tertiary/aromatic N) is 3. The number of hydrogen-bond acceptors (Lipinski definition) is 2. The van der Waals surface area contributed by atoms with Crippen molar-refractivity contribution in [2.75, 3.05) is 0 Å². The Morgan fingerprint density at radius 3 is 2.50 bits per heavy atom. The summed E-state index contributed by atoms with van der Waals surface area (Å²) in [4.78, 5) is 3.41. The Bertz CT molecular complexity index is 503. The topological polar surface area (TPSA) is 30.7 Å². The molecule has 2 rings (SSSR count). The summed E-state index contributed by atoms with van der Waals surface area (Å²) < 4.78 is 50.3. The molecule has 0 N–H and O–H groups in total. The second-order valence-corrected chi connectivity index (χ2v) is 2.99. The van der Waals surface area contributed by atoms with E-state index >= 15 is 0 Å². The van der Waals surface area contributed by atoms with Gasteiger partial charge in [0.05, 0.1) is 11.8 Å². The minimum absolute atomic E-state index is 0.00417. The second kappa shape index (κ2) is 3.58. The molecule has 0 saturated heterocycles. The number of hydrogen-bond donors (Lipinski definition) is 0. The molecule has 2 aromatic rings. The summed E-state index contributed by atoms with van der Waals surface area (Å²) in [6.07, 6.45) is -3.06. The van der Waals surface area contributed by atoms with Gasteiger partial charge in [-0.3, -0.25) is 0 Å². The maximum atomic E-state index is 12.7. The number of rotatable bonds is 1. The van der Waals surface area contributed by atoms with Crippen molar-refractivity contribution in [3.05, 3.63) is 42.1 Å². The molecular weight excluding hydrogens is 226 g/mol. The zero-order chi connectivity index (χ0) is 11.8. The Balaban J connectivity index is 2.39. The van der Waals surface area contributed by atoms with Crippen molar-refractivity contribution in [3.63, 3.8) is 0 Å². The summed E-state index contributed by atoms with van der Waals surface area (Å²) in [6, 6.07) is 3.79. The quantitative estimate of drug-likeness (QED) is 0.557. The van der Waals surface area contributed by atoms with E-state index in [0.29, 0.717) is 6.20 Å². The molecule has 7 heteroatoms. The van der Waals surface area contributed by atoms with Crippen molar-refractivity contribution in [1.82, 2.24) is 14.8 Å². The molecule has 2 heterocycles. The van der Waals surface area contributed by atoms with Crippen molar-refractivity contribution in [2.45, 2.75) is 6.18 Å². The Morgan fingerprint density at radius 1 is 1.19 bits per heavy atom. The highest BCUT2D eigenvalue weighted by molar-refractivity contribution is 5.23. The molecule has 0 spiro atoms. The standard InChI is InChI=1S/C9H5F4N3/c10-7-2-1-3-8(15-7)16-5-6(4-14-16)9(11,12)13/h1-5H. The highest BCUT2D eigenvalue weighted by Crippen LogP contribution is 2.28. The SMILES string of the molecule is Fc1cccc(-n2cc(C(F)(F)F)cn2)n1. The summed E-state index contributed by atoms with van der Waals surface area (Å²) in [5, 5.41) is 3.46. The predicted octanol–water partition coefficient (Wildman–Crippen LogP) is 2.43. The lowest BCUT2D eigenvalue weighted by Crippen LogP contribution is -2.03. The van der Waals surface area contributed by atoms with E-state index in [9.17, 15) is 17.6 Å². The molecule has 0 aliphatic rings. The molecule has 0 atom stereocenters. The van der Waals surface area contributed by atoms with Crippen LogP contribution in [0.15, 0.2) is 30.6 Å². The van der Waals surface area contributed by atoms with Crippen LogP contribution in [0.5, 0.6) is 0 Å². The molecule has 16 heavy (non-hydrogen) atoms. The fourth-order valence-corrected chi connectivity index (χ4v) is 1.12. The zero-order valence-electron chi connectivity index (χ0n) is 7.74. The highest BCUT2D eigenvalue weighted by Gasteiger charge is 2.32. The molecule has 0 aliphatic heterocycles. The van der Waals surface area contributed by atoms with Crippen molar-refractivity contribution in [2.24, 2.45) is 0 Å². The third kappa shape index (κ3) is 2.02. The van der Waals surface area contributed by atoms with E-state index in [1.807, 2.05) is 0 Å². The summed E-state index contributed by atoms with van der Waals surface area (Å²) in [5.74, 6) is -0.781. The molecule has 0 amide bonds. The first-order valence-corrected chi connectivity index (χ1v) is 4.21. The first kappa shape index (κ1) is 10.6. The van der Waals surface area contributed by atoms with Crippen LogP contribution in [0.25, 0.3) is 5.82 Å². The van der Waals surface area contributed by atoms with Crippen LogP contribution in [0.4, 0.5) is 17.6 Å². The Morgan fingerprint density at radius 2 is 1.94 bits per heavy atom. The van der Waals surface area contributed by atoms with Gasteiger partial charge in [0.2, 0.25) is 5.95 Å². The minimum atomic E-state index is -4.47. The molecule has 3 nitrogen and oxygen atoms in total. The maximum absolute atomic E-state index is 12.7. The van der Waals surface area contributed by atoms with Crippen molar-refractivity contribution in [3.8, 4) is 5.82 Å². The van der Waals surface area contributed by atoms with Crippen molar-refractivity contribution >= 4 is 0 Å². The molecule has 0 bridgehead atoms. The van der Waals surface area contributed by atoms with Gasteiger partial charge in [0.1, 0.15) is 0 Å². The molecule has 84 valence electrons. The Labute approximate surface area is 87.3 Å². The van der Waals surface area contributed by atoms with Crippen LogP contribution in [0.2, 0.25) is 0 Å². The Kier molecular flexibility index (Phi) is 2.37. The van der Waals surface area contributed by atoms with Gasteiger partial charge < -0.3 is 0 Å². The van der Waals surface area contributed by atoms with Gasteiger partial charge in [-0.1, -0.05) is 6.07 Å². The molecule has 0 radical (unpaired) electrons. The van der Waals surface area contributed by atoms with Crippen LogP contribution >= 0.6 is 0 Å². The molecule has 0 aromatic carbocycles.